The van der Waals surface area contributed by atoms with E-state index in [4.69, 9.17) is 0 Å². The molecule has 0 amide bonds. The summed E-state index contributed by atoms with van der Waals surface area (Å²) in [5, 5.41) is 0. The van der Waals surface area contributed by atoms with E-state index in [9.17, 15) is 0 Å². The Bertz CT molecular complexity index is 389. The second kappa shape index (κ2) is 6.63. The van der Waals surface area contributed by atoms with E-state index >= 15 is 0 Å². The van der Waals surface area contributed by atoms with E-state index in [-0.39, 0.29) is 0 Å². The Morgan fingerprint density at radius 2 is 1.82 bits per heavy atom. The number of hydrogen-bond acceptors (Lipinski definition) is 0. The highest BCUT2D eigenvalue weighted by molar-refractivity contribution is 6.76. The molecule has 0 aliphatic carbocycles. The zero-order chi connectivity index (χ0) is 12.7. The fraction of sp³-hybridized carbons (Fsp3) is 0.438. The van der Waals surface area contributed by atoms with Gasteiger partial charge in [0, 0.05) is 8.07 Å². The summed E-state index contributed by atoms with van der Waals surface area (Å²) >= 11 is 0. The molecule has 0 radical (unpaired) electrons. The van der Waals surface area contributed by atoms with Gasteiger partial charge in [-0.05, 0) is 43.0 Å². The minimum atomic E-state index is -0.964. The van der Waals surface area contributed by atoms with Crippen LogP contribution in [0.15, 0.2) is 47.7 Å². The second-order valence-corrected chi connectivity index (χ2v) is 11.4. The smallest absolute Gasteiger partial charge is 0.0490 e. The summed E-state index contributed by atoms with van der Waals surface area (Å²) in [6.45, 7) is 9.42. The van der Waals surface area contributed by atoms with Crippen molar-refractivity contribution in [1.82, 2.24) is 0 Å². The molecule has 17 heavy (non-hydrogen) atoms. The molecular formula is C16H24Si. The molecule has 0 aromatic heterocycles. The minimum Gasteiger partial charge on any atom is -0.127 e. The summed E-state index contributed by atoms with van der Waals surface area (Å²) in [6.07, 6.45) is 4.41. The normalized spacial score (nSPS) is 10.8. The van der Waals surface area contributed by atoms with Gasteiger partial charge in [-0.15, -0.1) is 5.73 Å². The molecule has 0 bridgehead atoms. The van der Waals surface area contributed by atoms with E-state index in [0.29, 0.717) is 0 Å². The summed E-state index contributed by atoms with van der Waals surface area (Å²) < 4.78 is 0. The molecule has 0 atom stereocenters. The van der Waals surface area contributed by atoms with Crippen LogP contribution in [0, 0.1) is 0 Å². The Kier molecular flexibility index (Phi) is 5.47. The molecule has 0 N–H and O–H groups in total. The predicted molar refractivity (Wildman–Crippen MR) is 80.2 cm³/mol. The Hall–Kier alpha value is -1.04. The fourth-order valence-corrected chi connectivity index (χ4v) is 3.67. The highest BCUT2D eigenvalue weighted by Crippen LogP contribution is 2.14. The molecular weight excluding hydrogens is 220 g/mol. The highest BCUT2D eigenvalue weighted by Gasteiger charge is 2.12. The van der Waals surface area contributed by atoms with Gasteiger partial charge in [0.05, 0.1) is 0 Å². The van der Waals surface area contributed by atoms with E-state index in [1.54, 1.807) is 0 Å². The average molecular weight is 244 g/mol. The Morgan fingerprint density at radius 1 is 1.18 bits per heavy atom. The van der Waals surface area contributed by atoms with Gasteiger partial charge in [0.1, 0.15) is 0 Å². The molecule has 0 aliphatic rings. The van der Waals surface area contributed by atoms with Crippen molar-refractivity contribution in [3.05, 3.63) is 53.3 Å². The molecule has 0 heterocycles. The third-order valence-corrected chi connectivity index (χ3v) is 4.16. The van der Waals surface area contributed by atoms with Crippen LogP contribution in [0.3, 0.4) is 0 Å². The zero-order valence-electron chi connectivity index (χ0n) is 11.6. The number of benzene rings is 1. The number of hydrogen-bond donors (Lipinski definition) is 0. The number of allylic oxidation sites excluding steroid dienone is 1. The summed E-state index contributed by atoms with van der Waals surface area (Å²) in [4.78, 5) is 0. The Labute approximate surface area is 107 Å². The maximum Gasteiger partial charge on any atom is 0.0490 e. The van der Waals surface area contributed by atoms with E-state index < -0.39 is 8.07 Å². The monoisotopic (exact) mass is 244 g/mol. The van der Waals surface area contributed by atoms with Gasteiger partial charge in [-0.3, -0.25) is 0 Å². The van der Waals surface area contributed by atoms with Crippen LogP contribution in [0.4, 0.5) is 0 Å². The van der Waals surface area contributed by atoms with Crippen LogP contribution < -0.4 is 0 Å². The van der Waals surface area contributed by atoms with Crippen molar-refractivity contribution in [3.63, 3.8) is 0 Å². The highest BCUT2D eigenvalue weighted by atomic mass is 28.3. The molecule has 0 saturated carbocycles. The molecule has 0 fully saturated rings. The first-order valence-corrected chi connectivity index (χ1v) is 10.1. The third kappa shape index (κ3) is 6.99. The lowest BCUT2D eigenvalue weighted by Crippen LogP contribution is -2.18. The first-order chi connectivity index (χ1) is 7.97. The first kappa shape index (κ1) is 14.0. The summed E-state index contributed by atoms with van der Waals surface area (Å²) in [7, 11) is -0.964. The summed E-state index contributed by atoms with van der Waals surface area (Å²) in [6, 6.07) is 11.9. The van der Waals surface area contributed by atoms with Crippen LogP contribution in [-0.4, -0.2) is 8.07 Å². The molecule has 0 spiro atoms. The van der Waals surface area contributed by atoms with Crippen molar-refractivity contribution >= 4 is 8.07 Å². The fourth-order valence-electron chi connectivity index (χ4n) is 1.98. The van der Waals surface area contributed by atoms with Crippen molar-refractivity contribution in [1.29, 1.82) is 0 Å². The van der Waals surface area contributed by atoms with Crippen molar-refractivity contribution in [2.75, 3.05) is 0 Å². The topological polar surface area (TPSA) is 0 Å². The first-order valence-electron chi connectivity index (χ1n) is 6.42. The molecule has 0 nitrogen and oxygen atoms in total. The van der Waals surface area contributed by atoms with Crippen molar-refractivity contribution in [2.45, 2.75) is 45.5 Å². The van der Waals surface area contributed by atoms with Gasteiger partial charge >= 0.3 is 0 Å². The van der Waals surface area contributed by atoms with Gasteiger partial charge in [0.15, 0.2) is 0 Å². The van der Waals surface area contributed by atoms with Crippen LogP contribution >= 0.6 is 0 Å². The maximum absolute atomic E-state index is 3.44. The van der Waals surface area contributed by atoms with Crippen LogP contribution in [-0.2, 0) is 6.42 Å². The van der Waals surface area contributed by atoms with Gasteiger partial charge in [0.2, 0.25) is 0 Å². The zero-order valence-corrected chi connectivity index (χ0v) is 12.6. The summed E-state index contributed by atoms with van der Waals surface area (Å²) in [5.74, 6) is 0. The lowest BCUT2D eigenvalue weighted by atomic mass is 10.1. The van der Waals surface area contributed by atoms with Gasteiger partial charge in [0.25, 0.3) is 0 Å². The van der Waals surface area contributed by atoms with Crippen molar-refractivity contribution in [2.24, 2.45) is 0 Å². The molecule has 1 heteroatoms. The van der Waals surface area contributed by atoms with E-state index in [1.807, 2.05) is 0 Å². The predicted octanol–water partition coefficient (Wildman–Crippen LogP) is 5.06. The standard InChI is InChI=1S/C16H24Si/c1-15(14-17(2,3)4)10-8-9-13-16-11-6-5-7-12-16/h5-8,11-12H,9,13-14H2,1-4H3. The molecule has 0 saturated heterocycles. The molecule has 1 rings (SSSR count). The lowest BCUT2D eigenvalue weighted by Gasteiger charge is -2.14. The van der Waals surface area contributed by atoms with E-state index in [2.05, 4.69) is 68.7 Å². The van der Waals surface area contributed by atoms with Crippen LogP contribution in [0.25, 0.3) is 0 Å². The molecule has 0 unspecified atom stereocenters. The summed E-state index contributed by atoms with van der Waals surface area (Å²) in [5.41, 5.74) is 6.26. The van der Waals surface area contributed by atoms with Crippen LogP contribution in [0.5, 0.6) is 0 Å². The van der Waals surface area contributed by atoms with Crippen molar-refractivity contribution in [3.8, 4) is 0 Å². The quantitative estimate of drug-likeness (QED) is 0.502. The molecule has 0 aliphatic heterocycles. The van der Waals surface area contributed by atoms with Crippen LogP contribution in [0.2, 0.25) is 25.7 Å². The number of aryl methyl sites for hydroxylation is 1. The average Bonchev–Trinajstić information content (AvgIpc) is 2.23. The largest absolute Gasteiger partial charge is 0.127 e. The molecule has 92 valence electrons. The van der Waals surface area contributed by atoms with E-state index in [0.717, 1.165) is 12.8 Å². The van der Waals surface area contributed by atoms with Crippen molar-refractivity contribution < 1.29 is 0 Å². The third-order valence-electron chi connectivity index (χ3n) is 2.56. The van der Waals surface area contributed by atoms with Gasteiger partial charge in [-0.1, -0.05) is 50.0 Å². The van der Waals surface area contributed by atoms with Gasteiger partial charge in [-0.2, -0.15) is 0 Å². The number of rotatable bonds is 5. The lowest BCUT2D eigenvalue weighted by molar-refractivity contribution is 1.00. The molecule has 1 aromatic carbocycles. The van der Waals surface area contributed by atoms with Gasteiger partial charge in [-0.25, -0.2) is 0 Å². The van der Waals surface area contributed by atoms with Gasteiger partial charge < -0.3 is 0 Å². The Morgan fingerprint density at radius 3 is 2.41 bits per heavy atom. The SMILES string of the molecule is CC(=C=CCCc1ccccc1)C[Si](C)(C)C. The Balaban J connectivity index is 2.42. The minimum absolute atomic E-state index is 0.964. The second-order valence-electron chi connectivity index (χ2n) is 5.89. The maximum atomic E-state index is 3.44. The molecule has 1 aromatic rings. The van der Waals surface area contributed by atoms with E-state index in [1.165, 1.54) is 17.2 Å². The van der Waals surface area contributed by atoms with Crippen LogP contribution in [0.1, 0.15) is 18.9 Å².